The van der Waals surface area contributed by atoms with Gasteiger partial charge in [-0.05, 0) is 49.4 Å². The first kappa shape index (κ1) is 32.6. The number of nitrogens with zero attached hydrogens (tertiary/aromatic N) is 3. The fraction of sp³-hybridized carbons (Fsp3) is 0.125. The summed E-state index contributed by atoms with van der Waals surface area (Å²) in [5.41, 5.74) is -3.55. The highest BCUT2D eigenvalue weighted by molar-refractivity contribution is 8.10. The van der Waals surface area contributed by atoms with E-state index in [0.29, 0.717) is 24.3 Å². The van der Waals surface area contributed by atoms with E-state index in [-0.39, 0.29) is 20.6 Å². The van der Waals surface area contributed by atoms with E-state index in [9.17, 15) is 51.4 Å². The summed E-state index contributed by atoms with van der Waals surface area (Å²) < 4.78 is 55.9. The van der Waals surface area contributed by atoms with Crippen LogP contribution in [0.2, 0.25) is 5.02 Å². The third-order valence-corrected chi connectivity index (χ3v) is 10.1. The van der Waals surface area contributed by atoms with Crippen LogP contribution < -0.4 is 14.3 Å². The molecule has 0 atom stereocenters. The van der Waals surface area contributed by atoms with Gasteiger partial charge in [0.15, 0.2) is 15.6 Å². The van der Waals surface area contributed by atoms with E-state index in [0.717, 1.165) is 51.1 Å². The Bertz CT molecular complexity index is 1820. The lowest BCUT2D eigenvalue weighted by molar-refractivity contribution is -0.387. The number of nitro groups is 2. The van der Waals surface area contributed by atoms with Gasteiger partial charge in [-0.15, -0.1) is 0 Å². The maximum atomic E-state index is 14.1. The Morgan fingerprint density at radius 2 is 1.14 bits per heavy atom. The average molecular weight is 654 g/mol. The van der Waals surface area contributed by atoms with E-state index in [1.807, 2.05) is 0 Å². The molecule has 19 heteroatoms. The molecule has 0 fully saturated rings. The predicted molar refractivity (Wildman–Crippen MR) is 153 cm³/mol. The lowest BCUT2D eigenvalue weighted by Gasteiger charge is -2.24. The van der Waals surface area contributed by atoms with Crippen LogP contribution in [-0.2, 0) is 29.6 Å². The Morgan fingerprint density at radius 1 is 0.721 bits per heavy atom. The van der Waals surface area contributed by atoms with Crippen molar-refractivity contribution in [2.75, 3.05) is 14.3 Å². The number of amides is 2. The first-order chi connectivity index (χ1) is 19.9. The molecule has 0 radical (unpaired) electrons. The largest absolute Gasteiger partial charge is 0.326 e. The average Bonchev–Trinajstić information content (AvgIpc) is 2.87. The third kappa shape index (κ3) is 6.76. The van der Waals surface area contributed by atoms with Crippen LogP contribution in [0, 0.1) is 20.2 Å². The molecule has 0 unspecified atom stereocenters. The number of halogens is 1. The van der Waals surface area contributed by atoms with Gasteiger partial charge in [0.05, 0.1) is 20.6 Å². The summed E-state index contributed by atoms with van der Waals surface area (Å²) in [6.45, 7) is 3.30. The SMILES string of the molecule is CC(=O)Nc1ccc(S(=O)(=O)N(c2ccc(C(C)=O)c(Cl)c2)S(=O)(=O)c2ccc(NC(C)=O)cc2[N+](=O)[O-])c([N+](=O)[O-])c1. The molecule has 2 amide bonds. The van der Waals surface area contributed by atoms with E-state index in [1.165, 1.54) is 0 Å². The number of hydrogen-bond donors (Lipinski definition) is 2. The van der Waals surface area contributed by atoms with E-state index < -0.39 is 79.4 Å². The monoisotopic (exact) mass is 653 g/mol. The first-order valence-electron chi connectivity index (χ1n) is 11.6. The van der Waals surface area contributed by atoms with Gasteiger partial charge >= 0.3 is 0 Å². The quantitative estimate of drug-likeness (QED) is 0.181. The molecule has 0 aliphatic rings. The summed E-state index contributed by atoms with van der Waals surface area (Å²) in [5.74, 6) is -1.86. The van der Waals surface area contributed by atoms with E-state index in [4.69, 9.17) is 11.6 Å². The van der Waals surface area contributed by atoms with Gasteiger partial charge in [0.1, 0.15) is 0 Å². The normalized spacial score (nSPS) is 11.3. The number of nitrogens with one attached hydrogen (secondary N) is 2. The van der Waals surface area contributed by atoms with Crippen LogP contribution in [0.4, 0.5) is 28.4 Å². The van der Waals surface area contributed by atoms with Gasteiger partial charge in [0.25, 0.3) is 31.4 Å². The fourth-order valence-electron chi connectivity index (χ4n) is 3.81. The molecular formula is C24H20ClN5O11S2. The van der Waals surface area contributed by atoms with Crippen molar-refractivity contribution in [1.29, 1.82) is 0 Å². The standard InChI is InChI=1S/C24H20ClN5O11S2/c1-13(31)19-7-6-18(12-20(19)25)30(42(38,39)23-8-4-16(26-14(2)32)10-21(23)28(34)35)43(40,41)24-9-5-17(27-15(3)33)11-22(24)29(36)37/h4-12H,1-3H3,(H,26,32)(H,27,33). The maximum Gasteiger partial charge on any atom is 0.292 e. The summed E-state index contributed by atoms with van der Waals surface area (Å²) in [5, 5.41) is 27.9. The van der Waals surface area contributed by atoms with Crippen LogP contribution in [0.5, 0.6) is 0 Å². The number of Topliss-reactive ketones (excluding diaryl/α,β-unsaturated/α-hetero) is 1. The molecular weight excluding hydrogens is 634 g/mol. The summed E-state index contributed by atoms with van der Waals surface area (Å²) >= 11 is 6.13. The molecule has 226 valence electrons. The number of carbonyl (C=O) groups excluding carboxylic acids is 3. The zero-order valence-corrected chi connectivity index (χ0v) is 24.6. The minimum Gasteiger partial charge on any atom is -0.326 e. The third-order valence-electron chi connectivity index (χ3n) is 5.49. The van der Waals surface area contributed by atoms with Crippen molar-refractivity contribution in [1.82, 2.24) is 0 Å². The molecule has 0 bridgehead atoms. The maximum absolute atomic E-state index is 14.1. The Balaban J connectivity index is 2.42. The van der Waals surface area contributed by atoms with Crippen molar-refractivity contribution in [3.8, 4) is 0 Å². The highest BCUT2D eigenvalue weighted by Gasteiger charge is 2.43. The van der Waals surface area contributed by atoms with Crippen molar-refractivity contribution in [2.24, 2.45) is 0 Å². The number of benzene rings is 3. The molecule has 16 nitrogen and oxygen atoms in total. The van der Waals surface area contributed by atoms with Crippen LogP contribution in [0.25, 0.3) is 0 Å². The molecule has 0 aromatic heterocycles. The van der Waals surface area contributed by atoms with Crippen molar-refractivity contribution >= 4 is 77.7 Å². The smallest absolute Gasteiger partial charge is 0.292 e. The first-order valence-corrected chi connectivity index (χ1v) is 14.9. The molecule has 3 aromatic rings. The number of anilines is 3. The number of sulfonamides is 2. The number of nitro benzene ring substituents is 2. The number of ketones is 1. The van der Waals surface area contributed by atoms with E-state index in [1.54, 1.807) is 0 Å². The second kappa shape index (κ2) is 12.1. The Hall–Kier alpha value is -4.94. The van der Waals surface area contributed by atoms with Crippen molar-refractivity contribution in [2.45, 2.75) is 30.6 Å². The summed E-state index contributed by atoms with van der Waals surface area (Å²) in [6, 6.07) is 7.26. The second-order valence-corrected chi connectivity index (χ2v) is 12.8. The zero-order valence-electron chi connectivity index (χ0n) is 22.2. The summed E-state index contributed by atoms with van der Waals surface area (Å²) in [7, 11) is -11.1. The highest BCUT2D eigenvalue weighted by Crippen LogP contribution is 2.39. The summed E-state index contributed by atoms with van der Waals surface area (Å²) in [6.07, 6.45) is 0. The molecule has 3 aromatic carbocycles. The summed E-state index contributed by atoms with van der Waals surface area (Å²) in [4.78, 5) is 54.0. The molecule has 2 N–H and O–H groups in total. The molecule has 43 heavy (non-hydrogen) atoms. The molecule has 0 aliphatic heterocycles. The fourth-order valence-corrected chi connectivity index (χ4v) is 8.05. The lowest BCUT2D eigenvalue weighted by atomic mass is 10.1. The molecule has 3 rings (SSSR count). The molecule has 0 saturated carbocycles. The second-order valence-electron chi connectivity index (χ2n) is 8.67. The van der Waals surface area contributed by atoms with E-state index in [2.05, 4.69) is 10.6 Å². The zero-order chi connectivity index (χ0) is 32.4. The van der Waals surface area contributed by atoms with Gasteiger partial charge in [0.2, 0.25) is 11.8 Å². The minimum atomic E-state index is -5.55. The van der Waals surface area contributed by atoms with E-state index >= 15 is 0 Å². The Morgan fingerprint density at radius 3 is 1.47 bits per heavy atom. The van der Waals surface area contributed by atoms with Crippen LogP contribution in [-0.4, -0.2) is 44.3 Å². The van der Waals surface area contributed by atoms with Crippen LogP contribution in [0.3, 0.4) is 0 Å². The topological polar surface area (TPSA) is 233 Å². The minimum absolute atomic E-state index is 0.128. The van der Waals surface area contributed by atoms with Crippen LogP contribution >= 0.6 is 11.6 Å². The Labute approximate surface area is 248 Å². The van der Waals surface area contributed by atoms with Crippen LogP contribution in [0.15, 0.2) is 64.4 Å². The number of hydrogen-bond acceptors (Lipinski definition) is 11. The molecule has 0 aliphatic carbocycles. The van der Waals surface area contributed by atoms with Gasteiger partial charge in [0, 0.05) is 42.9 Å². The predicted octanol–water partition coefficient (Wildman–Crippen LogP) is 3.86. The number of carbonyl (C=O) groups is 3. The van der Waals surface area contributed by atoms with Gasteiger partial charge < -0.3 is 10.6 Å². The highest BCUT2D eigenvalue weighted by atomic mass is 35.5. The van der Waals surface area contributed by atoms with Crippen molar-refractivity contribution in [3.05, 3.63) is 85.4 Å². The molecule has 0 heterocycles. The molecule has 0 spiro atoms. The van der Waals surface area contributed by atoms with Crippen molar-refractivity contribution in [3.63, 3.8) is 0 Å². The van der Waals surface area contributed by atoms with Gasteiger partial charge in [-0.1, -0.05) is 11.6 Å². The van der Waals surface area contributed by atoms with Gasteiger partial charge in [-0.3, -0.25) is 34.6 Å². The molecule has 0 saturated heterocycles. The lowest BCUT2D eigenvalue weighted by Crippen LogP contribution is -2.37. The number of rotatable bonds is 10. The van der Waals surface area contributed by atoms with Crippen molar-refractivity contribution < 1.29 is 41.1 Å². The van der Waals surface area contributed by atoms with Gasteiger partial charge in [-0.25, -0.2) is 0 Å². The van der Waals surface area contributed by atoms with Gasteiger partial charge in [-0.2, -0.15) is 20.5 Å². The van der Waals surface area contributed by atoms with Crippen LogP contribution in [0.1, 0.15) is 31.1 Å². The Kier molecular flexibility index (Phi) is 9.18.